The zero-order valence-electron chi connectivity index (χ0n) is 14.4. The first-order valence-electron chi connectivity index (χ1n) is 8.32. The quantitative estimate of drug-likeness (QED) is 0.475. The molecule has 3 nitrogen and oxygen atoms in total. The number of rotatable bonds is 6. The van der Waals surface area contributed by atoms with Crippen LogP contribution in [0.3, 0.4) is 0 Å². The van der Waals surface area contributed by atoms with Crippen molar-refractivity contribution in [2.75, 3.05) is 5.32 Å². The molecule has 0 radical (unpaired) electrons. The molecule has 0 spiro atoms. The van der Waals surface area contributed by atoms with Crippen LogP contribution in [0.1, 0.15) is 28.1 Å². The van der Waals surface area contributed by atoms with E-state index >= 15 is 0 Å². The van der Waals surface area contributed by atoms with Gasteiger partial charge < -0.3 is 5.32 Å². The maximum absolute atomic E-state index is 13.0. The highest BCUT2D eigenvalue weighted by molar-refractivity contribution is 8.00. The Balaban J connectivity index is 1.89. The standard InChI is InChI=1S/C22H19NO2S/c1-16(24)19-14-8-9-15-20(19)23-22(25)21(17-10-4-2-5-11-17)26-18-12-6-3-7-13-18/h2-15,21H,1H3,(H,23,25). The number of para-hydroxylation sites is 1. The Hall–Kier alpha value is -2.85. The van der Waals surface area contributed by atoms with Gasteiger partial charge in [-0.05, 0) is 36.8 Å². The minimum atomic E-state index is -0.418. The minimum Gasteiger partial charge on any atom is -0.324 e. The molecule has 3 aromatic rings. The van der Waals surface area contributed by atoms with E-state index in [1.807, 2.05) is 66.7 Å². The molecule has 26 heavy (non-hydrogen) atoms. The smallest absolute Gasteiger partial charge is 0.242 e. The van der Waals surface area contributed by atoms with Crippen molar-refractivity contribution in [1.29, 1.82) is 0 Å². The van der Waals surface area contributed by atoms with E-state index in [0.29, 0.717) is 11.3 Å². The Labute approximate surface area is 157 Å². The molecule has 0 bridgehead atoms. The summed E-state index contributed by atoms with van der Waals surface area (Å²) in [6, 6.07) is 26.5. The second-order valence-corrected chi connectivity index (χ2v) is 6.99. The molecule has 1 unspecified atom stereocenters. The number of anilines is 1. The maximum atomic E-state index is 13.0. The second kappa shape index (κ2) is 8.50. The summed E-state index contributed by atoms with van der Waals surface area (Å²) in [6.07, 6.45) is 0. The molecule has 0 saturated carbocycles. The van der Waals surface area contributed by atoms with Crippen LogP contribution in [0, 0.1) is 0 Å². The van der Waals surface area contributed by atoms with Gasteiger partial charge in [-0.3, -0.25) is 9.59 Å². The summed E-state index contributed by atoms with van der Waals surface area (Å²) in [5.74, 6) is -0.230. The van der Waals surface area contributed by atoms with Crippen LogP contribution in [0.2, 0.25) is 0 Å². The minimum absolute atomic E-state index is 0.0760. The molecule has 1 N–H and O–H groups in total. The fourth-order valence-electron chi connectivity index (χ4n) is 2.63. The number of hydrogen-bond donors (Lipinski definition) is 1. The van der Waals surface area contributed by atoms with Gasteiger partial charge in [0.2, 0.25) is 5.91 Å². The Morgan fingerprint density at radius 3 is 2.04 bits per heavy atom. The van der Waals surface area contributed by atoms with Gasteiger partial charge in [0.1, 0.15) is 5.25 Å². The van der Waals surface area contributed by atoms with Gasteiger partial charge in [-0.25, -0.2) is 0 Å². The van der Waals surface area contributed by atoms with Gasteiger partial charge in [-0.2, -0.15) is 0 Å². The summed E-state index contributed by atoms with van der Waals surface area (Å²) in [7, 11) is 0. The first-order chi connectivity index (χ1) is 12.6. The summed E-state index contributed by atoms with van der Waals surface area (Å²) in [5.41, 5.74) is 1.97. The van der Waals surface area contributed by atoms with Crippen LogP contribution in [0.4, 0.5) is 5.69 Å². The van der Waals surface area contributed by atoms with E-state index in [1.54, 1.807) is 18.2 Å². The number of carbonyl (C=O) groups excluding carboxylic acids is 2. The van der Waals surface area contributed by atoms with Crippen molar-refractivity contribution in [2.45, 2.75) is 17.1 Å². The van der Waals surface area contributed by atoms with Crippen LogP contribution in [0.5, 0.6) is 0 Å². The van der Waals surface area contributed by atoms with Crippen LogP contribution < -0.4 is 5.32 Å². The van der Waals surface area contributed by atoms with E-state index in [0.717, 1.165) is 10.5 Å². The van der Waals surface area contributed by atoms with Crippen LogP contribution >= 0.6 is 11.8 Å². The molecular formula is C22H19NO2S. The van der Waals surface area contributed by atoms with Gasteiger partial charge in [0.05, 0.1) is 5.69 Å². The van der Waals surface area contributed by atoms with E-state index in [9.17, 15) is 9.59 Å². The predicted octanol–water partition coefficient (Wildman–Crippen LogP) is 5.36. The molecule has 0 aliphatic carbocycles. The van der Waals surface area contributed by atoms with Crippen molar-refractivity contribution < 1.29 is 9.59 Å². The number of Topliss-reactive ketones (excluding diaryl/α,β-unsaturated/α-hetero) is 1. The van der Waals surface area contributed by atoms with Crippen LogP contribution in [-0.4, -0.2) is 11.7 Å². The predicted molar refractivity (Wildman–Crippen MR) is 107 cm³/mol. The number of ketones is 1. The van der Waals surface area contributed by atoms with Gasteiger partial charge in [0.25, 0.3) is 0 Å². The number of amides is 1. The SMILES string of the molecule is CC(=O)c1ccccc1NC(=O)C(Sc1ccccc1)c1ccccc1. The molecule has 0 aliphatic heterocycles. The highest BCUT2D eigenvalue weighted by Gasteiger charge is 2.23. The normalized spacial score (nSPS) is 11.6. The molecule has 3 rings (SSSR count). The Kier molecular flexibility index (Phi) is 5.87. The van der Waals surface area contributed by atoms with E-state index in [1.165, 1.54) is 18.7 Å². The number of carbonyl (C=O) groups is 2. The van der Waals surface area contributed by atoms with Crippen molar-refractivity contribution >= 4 is 29.1 Å². The van der Waals surface area contributed by atoms with E-state index in [2.05, 4.69) is 5.32 Å². The third-order valence-electron chi connectivity index (χ3n) is 3.90. The second-order valence-electron chi connectivity index (χ2n) is 5.81. The molecule has 0 heterocycles. The van der Waals surface area contributed by atoms with Crippen molar-refractivity contribution in [1.82, 2.24) is 0 Å². The highest BCUT2D eigenvalue weighted by Crippen LogP contribution is 2.36. The Morgan fingerprint density at radius 1 is 0.808 bits per heavy atom. The molecule has 4 heteroatoms. The summed E-state index contributed by atoms with van der Waals surface area (Å²) in [4.78, 5) is 25.9. The molecule has 0 fully saturated rings. The zero-order chi connectivity index (χ0) is 18.4. The number of hydrogen-bond acceptors (Lipinski definition) is 3. The molecule has 1 atom stereocenters. The summed E-state index contributed by atoms with van der Waals surface area (Å²) >= 11 is 1.49. The molecule has 0 aromatic heterocycles. The lowest BCUT2D eigenvalue weighted by Crippen LogP contribution is -2.20. The van der Waals surface area contributed by atoms with Gasteiger partial charge in [0, 0.05) is 10.5 Å². The summed E-state index contributed by atoms with van der Waals surface area (Å²) in [6.45, 7) is 1.50. The van der Waals surface area contributed by atoms with Crippen molar-refractivity contribution in [3.8, 4) is 0 Å². The average molecular weight is 361 g/mol. The lowest BCUT2D eigenvalue weighted by Gasteiger charge is -2.18. The zero-order valence-corrected chi connectivity index (χ0v) is 15.2. The average Bonchev–Trinajstić information content (AvgIpc) is 2.68. The lowest BCUT2D eigenvalue weighted by atomic mass is 10.1. The Morgan fingerprint density at radius 2 is 1.38 bits per heavy atom. The number of thioether (sulfide) groups is 1. The maximum Gasteiger partial charge on any atom is 0.242 e. The molecular weight excluding hydrogens is 342 g/mol. The van der Waals surface area contributed by atoms with Crippen LogP contribution in [0.25, 0.3) is 0 Å². The van der Waals surface area contributed by atoms with E-state index in [4.69, 9.17) is 0 Å². The molecule has 3 aromatic carbocycles. The van der Waals surface area contributed by atoms with Crippen molar-refractivity contribution in [3.05, 3.63) is 96.1 Å². The first-order valence-corrected chi connectivity index (χ1v) is 9.20. The fraction of sp³-hybridized carbons (Fsp3) is 0.0909. The van der Waals surface area contributed by atoms with Gasteiger partial charge >= 0.3 is 0 Å². The monoisotopic (exact) mass is 361 g/mol. The first kappa shape index (κ1) is 18.0. The highest BCUT2D eigenvalue weighted by atomic mass is 32.2. The van der Waals surface area contributed by atoms with Crippen molar-refractivity contribution in [2.24, 2.45) is 0 Å². The van der Waals surface area contributed by atoms with E-state index in [-0.39, 0.29) is 11.7 Å². The van der Waals surface area contributed by atoms with Crippen LogP contribution in [-0.2, 0) is 4.79 Å². The molecule has 0 saturated heterocycles. The van der Waals surface area contributed by atoms with E-state index < -0.39 is 5.25 Å². The largest absolute Gasteiger partial charge is 0.324 e. The van der Waals surface area contributed by atoms with Gasteiger partial charge in [-0.1, -0.05) is 60.7 Å². The Bertz CT molecular complexity index is 894. The van der Waals surface area contributed by atoms with Gasteiger partial charge in [0.15, 0.2) is 5.78 Å². The molecule has 130 valence electrons. The van der Waals surface area contributed by atoms with Crippen molar-refractivity contribution in [3.63, 3.8) is 0 Å². The number of nitrogens with one attached hydrogen (secondary N) is 1. The fourth-order valence-corrected chi connectivity index (χ4v) is 3.68. The van der Waals surface area contributed by atoms with Gasteiger partial charge in [-0.15, -0.1) is 11.8 Å². The lowest BCUT2D eigenvalue weighted by molar-refractivity contribution is -0.115. The third kappa shape index (κ3) is 4.41. The summed E-state index contributed by atoms with van der Waals surface area (Å²) in [5, 5.41) is 2.51. The molecule has 0 aliphatic rings. The third-order valence-corrected chi connectivity index (χ3v) is 5.17. The molecule has 1 amide bonds. The summed E-state index contributed by atoms with van der Waals surface area (Å²) < 4.78 is 0. The van der Waals surface area contributed by atoms with Crippen LogP contribution in [0.15, 0.2) is 89.8 Å². The number of benzene rings is 3. The topological polar surface area (TPSA) is 46.2 Å².